The molecule has 1 heterocycles. The van der Waals surface area contributed by atoms with Crippen molar-refractivity contribution < 1.29 is 0 Å². The Kier molecular flexibility index (Phi) is 11.3. The standard InChI is InChI=1S/C19H40N6/c1-4-7-10-11-12-13-14-19(20)24-17(21-15-8-5-2)23-18(25-19)22-16-9-6-3/h4-16,20H2,1-3H3,(H3,21,22,23,24,25). The van der Waals surface area contributed by atoms with E-state index in [4.69, 9.17) is 5.73 Å². The molecule has 25 heavy (non-hydrogen) atoms. The van der Waals surface area contributed by atoms with Crippen molar-refractivity contribution in [1.29, 1.82) is 0 Å². The topological polar surface area (TPSA) is 86.8 Å². The van der Waals surface area contributed by atoms with Gasteiger partial charge in [0.15, 0.2) is 5.79 Å². The lowest BCUT2D eigenvalue weighted by atomic mass is 10.1. The highest BCUT2D eigenvalue weighted by Gasteiger charge is 2.29. The van der Waals surface area contributed by atoms with Crippen molar-refractivity contribution in [2.75, 3.05) is 13.1 Å². The molecule has 0 saturated heterocycles. The first kappa shape index (κ1) is 21.7. The summed E-state index contributed by atoms with van der Waals surface area (Å²) in [7, 11) is 0. The molecular formula is C19H40N6. The van der Waals surface area contributed by atoms with Gasteiger partial charge in [-0.15, -0.1) is 0 Å². The fourth-order valence-corrected chi connectivity index (χ4v) is 2.80. The maximum absolute atomic E-state index is 6.53. The van der Waals surface area contributed by atoms with Crippen molar-refractivity contribution in [3.63, 3.8) is 0 Å². The van der Waals surface area contributed by atoms with Gasteiger partial charge in [-0.25, -0.2) is 4.99 Å². The van der Waals surface area contributed by atoms with E-state index in [1.807, 2.05) is 0 Å². The number of nitrogens with one attached hydrogen (secondary N) is 3. The molecule has 1 atom stereocenters. The van der Waals surface area contributed by atoms with Gasteiger partial charge in [-0.3, -0.25) is 5.73 Å². The van der Waals surface area contributed by atoms with Gasteiger partial charge in [0.05, 0.1) is 0 Å². The van der Waals surface area contributed by atoms with Crippen LogP contribution < -0.4 is 21.7 Å². The molecule has 0 aromatic rings. The molecule has 0 fully saturated rings. The molecule has 1 aliphatic rings. The smallest absolute Gasteiger partial charge is 0.224 e. The number of guanidine groups is 2. The van der Waals surface area contributed by atoms with Crippen LogP contribution >= 0.6 is 0 Å². The van der Waals surface area contributed by atoms with Crippen molar-refractivity contribution in [2.24, 2.45) is 15.7 Å². The number of hydrogen-bond acceptors (Lipinski definition) is 6. The second-order valence-corrected chi connectivity index (χ2v) is 7.02. The fraction of sp³-hybridized carbons (Fsp3) is 0.895. The Morgan fingerprint density at radius 1 is 0.840 bits per heavy atom. The Morgan fingerprint density at radius 2 is 1.44 bits per heavy atom. The predicted molar refractivity (Wildman–Crippen MR) is 109 cm³/mol. The largest absolute Gasteiger partial charge is 0.356 e. The SMILES string of the molecule is CCCCCCCCC1(N)N=C(NCCCC)N=C(NCCCC)N1. The van der Waals surface area contributed by atoms with Crippen LogP contribution in [0.4, 0.5) is 0 Å². The first-order chi connectivity index (χ1) is 12.1. The minimum absolute atomic E-state index is 0.652. The zero-order valence-corrected chi connectivity index (χ0v) is 16.7. The summed E-state index contributed by atoms with van der Waals surface area (Å²) >= 11 is 0. The number of nitrogens with two attached hydrogens (primary N) is 1. The van der Waals surface area contributed by atoms with Crippen LogP contribution in [0.25, 0.3) is 0 Å². The average Bonchev–Trinajstić information content (AvgIpc) is 2.58. The summed E-state index contributed by atoms with van der Waals surface area (Å²) in [5.41, 5.74) is 6.53. The Bertz CT molecular complexity index is 407. The molecule has 6 nitrogen and oxygen atoms in total. The molecule has 0 bridgehead atoms. The lowest BCUT2D eigenvalue weighted by molar-refractivity contribution is 0.352. The van der Waals surface area contributed by atoms with E-state index in [0.29, 0.717) is 5.96 Å². The van der Waals surface area contributed by atoms with E-state index in [1.54, 1.807) is 0 Å². The third-order valence-electron chi connectivity index (χ3n) is 4.41. The maximum atomic E-state index is 6.53. The molecule has 146 valence electrons. The fourth-order valence-electron chi connectivity index (χ4n) is 2.80. The van der Waals surface area contributed by atoms with E-state index in [9.17, 15) is 0 Å². The van der Waals surface area contributed by atoms with E-state index in [1.165, 1.54) is 32.1 Å². The zero-order chi connectivity index (χ0) is 18.4. The molecule has 5 N–H and O–H groups in total. The minimum Gasteiger partial charge on any atom is -0.356 e. The van der Waals surface area contributed by atoms with Gasteiger partial charge in [0.2, 0.25) is 11.9 Å². The van der Waals surface area contributed by atoms with Gasteiger partial charge in [-0.05, 0) is 19.3 Å². The molecule has 0 saturated carbocycles. The lowest BCUT2D eigenvalue weighted by Crippen LogP contribution is -2.61. The zero-order valence-electron chi connectivity index (χ0n) is 16.7. The third-order valence-corrected chi connectivity index (χ3v) is 4.41. The summed E-state index contributed by atoms with van der Waals surface area (Å²) in [5, 5.41) is 9.97. The van der Waals surface area contributed by atoms with Crippen LogP contribution in [0.2, 0.25) is 0 Å². The Morgan fingerprint density at radius 3 is 2.12 bits per heavy atom. The van der Waals surface area contributed by atoms with Gasteiger partial charge < -0.3 is 16.0 Å². The number of hydrogen-bond donors (Lipinski definition) is 4. The van der Waals surface area contributed by atoms with Crippen molar-refractivity contribution in [3.8, 4) is 0 Å². The van der Waals surface area contributed by atoms with Gasteiger partial charge in [0.1, 0.15) is 0 Å². The summed E-state index contributed by atoms with van der Waals surface area (Å²) in [5.74, 6) is 0.644. The van der Waals surface area contributed by atoms with Crippen LogP contribution in [0.3, 0.4) is 0 Å². The molecule has 0 aliphatic carbocycles. The molecule has 0 radical (unpaired) electrons. The molecule has 1 aliphatic heterocycles. The van der Waals surface area contributed by atoms with Crippen LogP contribution in [0.5, 0.6) is 0 Å². The summed E-state index contributed by atoms with van der Waals surface area (Å²) < 4.78 is 0. The van der Waals surface area contributed by atoms with Crippen LogP contribution in [0.1, 0.15) is 91.4 Å². The minimum atomic E-state index is -0.754. The van der Waals surface area contributed by atoms with Crippen molar-refractivity contribution in [2.45, 2.75) is 97.2 Å². The molecule has 0 spiro atoms. The summed E-state index contributed by atoms with van der Waals surface area (Å²) in [6.45, 7) is 8.39. The summed E-state index contributed by atoms with van der Waals surface area (Å²) in [6.07, 6.45) is 12.9. The summed E-state index contributed by atoms with van der Waals surface area (Å²) in [4.78, 5) is 9.19. The van der Waals surface area contributed by atoms with Crippen LogP contribution in [0.15, 0.2) is 9.98 Å². The van der Waals surface area contributed by atoms with Gasteiger partial charge in [-0.2, -0.15) is 4.99 Å². The molecule has 0 aromatic carbocycles. The van der Waals surface area contributed by atoms with Gasteiger partial charge in [-0.1, -0.05) is 65.7 Å². The molecule has 1 rings (SSSR count). The first-order valence-corrected chi connectivity index (χ1v) is 10.4. The summed E-state index contributed by atoms with van der Waals surface area (Å²) in [6, 6.07) is 0. The molecule has 6 heteroatoms. The van der Waals surface area contributed by atoms with Crippen molar-refractivity contribution >= 4 is 11.9 Å². The number of rotatable bonds is 13. The van der Waals surface area contributed by atoms with Crippen LogP contribution in [0, 0.1) is 0 Å². The van der Waals surface area contributed by atoms with E-state index < -0.39 is 5.79 Å². The van der Waals surface area contributed by atoms with Gasteiger partial charge in [0, 0.05) is 19.5 Å². The number of nitrogens with zero attached hydrogens (tertiary/aromatic N) is 2. The van der Waals surface area contributed by atoms with Crippen molar-refractivity contribution in [3.05, 3.63) is 0 Å². The Labute approximate surface area is 154 Å². The van der Waals surface area contributed by atoms with E-state index in [-0.39, 0.29) is 0 Å². The lowest BCUT2D eigenvalue weighted by Gasteiger charge is -2.32. The second-order valence-electron chi connectivity index (χ2n) is 7.02. The quantitative estimate of drug-likeness (QED) is 0.382. The predicted octanol–water partition coefficient (Wildman–Crippen LogP) is 3.44. The second kappa shape index (κ2) is 13.0. The monoisotopic (exact) mass is 352 g/mol. The number of aliphatic imine (C=N–C) groups is 2. The Hall–Kier alpha value is -1.30. The highest BCUT2D eigenvalue weighted by atomic mass is 15.4. The molecule has 0 amide bonds. The van der Waals surface area contributed by atoms with E-state index >= 15 is 0 Å². The highest BCUT2D eigenvalue weighted by Crippen LogP contribution is 2.15. The average molecular weight is 353 g/mol. The van der Waals surface area contributed by atoms with E-state index in [0.717, 1.165) is 57.6 Å². The molecule has 1 unspecified atom stereocenters. The van der Waals surface area contributed by atoms with Gasteiger partial charge in [0.25, 0.3) is 0 Å². The molecule has 0 aromatic heterocycles. The normalized spacial score (nSPS) is 19.8. The van der Waals surface area contributed by atoms with Crippen molar-refractivity contribution in [1.82, 2.24) is 16.0 Å². The maximum Gasteiger partial charge on any atom is 0.224 e. The van der Waals surface area contributed by atoms with Crippen LogP contribution in [-0.2, 0) is 0 Å². The van der Waals surface area contributed by atoms with Crippen LogP contribution in [-0.4, -0.2) is 30.8 Å². The number of unbranched alkanes of at least 4 members (excludes halogenated alkanes) is 7. The first-order valence-electron chi connectivity index (χ1n) is 10.4. The van der Waals surface area contributed by atoms with E-state index in [2.05, 4.69) is 46.7 Å². The van der Waals surface area contributed by atoms with Gasteiger partial charge >= 0.3 is 0 Å². The third kappa shape index (κ3) is 9.68. The highest BCUT2D eigenvalue weighted by molar-refractivity contribution is 5.97. The Balaban J connectivity index is 2.54. The molecular weight excluding hydrogens is 312 g/mol.